The first-order valence-corrected chi connectivity index (χ1v) is 5.70. The highest BCUT2D eigenvalue weighted by atomic mass is 16.5. The van der Waals surface area contributed by atoms with Gasteiger partial charge in [-0.25, -0.2) is 4.79 Å². The summed E-state index contributed by atoms with van der Waals surface area (Å²) in [4.78, 5) is 22.1. The molecule has 0 saturated heterocycles. The van der Waals surface area contributed by atoms with Gasteiger partial charge in [0.25, 0.3) is 0 Å². The van der Waals surface area contributed by atoms with E-state index in [2.05, 4.69) is 5.32 Å². The highest BCUT2D eigenvalue weighted by molar-refractivity contribution is 5.84. The van der Waals surface area contributed by atoms with E-state index in [0.717, 1.165) is 12.8 Å². The number of amides is 1. The first-order chi connectivity index (χ1) is 8.11. The first-order valence-electron chi connectivity index (χ1n) is 5.70. The van der Waals surface area contributed by atoms with Crippen molar-refractivity contribution in [2.45, 2.75) is 32.2 Å². The lowest BCUT2D eigenvalue weighted by Gasteiger charge is -2.13. The van der Waals surface area contributed by atoms with Crippen LogP contribution >= 0.6 is 0 Å². The molecule has 0 aromatic carbocycles. The third-order valence-electron chi connectivity index (χ3n) is 2.12. The molecule has 0 aromatic rings. The molecule has 0 bridgehead atoms. The van der Waals surface area contributed by atoms with Gasteiger partial charge in [-0.2, -0.15) is 0 Å². The van der Waals surface area contributed by atoms with Crippen molar-refractivity contribution >= 4 is 11.9 Å². The van der Waals surface area contributed by atoms with Gasteiger partial charge in [-0.15, -0.1) is 0 Å². The lowest BCUT2D eigenvalue weighted by atomic mass is 10.2. The van der Waals surface area contributed by atoms with Crippen LogP contribution in [0.5, 0.6) is 0 Å². The fourth-order valence-corrected chi connectivity index (χ4v) is 1.14. The van der Waals surface area contributed by atoms with Crippen molar-refractivity contribution in [3.05, 3.63) is 0 Å². The van der Waals surface area contributed by atoms with Crippen molar-refractivity contribution in [2.24, 2.45) is 0 Å². The van der Waals surface area contributed by atoms with Crippen LogP contribution in [0.4, 0.5) is 0 Å². The fourth-order valence-electron chi connectivity index (χ4n) is 1.14. The summed E-state index contributed by atoms with van der Waals surface area (Å²) < 4.78 is 9.86. The van der Waals surface area contributed by atoms with Crippen molar-refractivity contribution in [3.63, 3.8) is 0 Å². The summed E-state index contributed by atoms with van der Waals surface area (Å²) in [5.74, 6) is -1.48. The zero-order valence-electron chi connectivity index (χ0n) is 10.4. The van der Waals surface area contributed by atoms with Gasteiger partial charge in [0.05, 0.1) is 0 Å². The van der Waals surface area contributed by atoms with Gasteiger partial charge in [0.2, 0.25) is 5.91 Å². The van der Waals surface area contributed by atoms with Gasteiger partial charge in [-0.05, 0) is 6.42 Å². The number of hydrogen-bond donors (Lipinski definition) is 2. The van der Waals surface area contributed by atoms with Crippen molar-refractivity contribution in [1.29, 1.82) is 0 Å². The highest BCUT2D eigenvalue weighted by Gasteiger charge is 2.19. The maximum atomic E-state index is 11.3. The molecule has 17 heavy (non-hydrogen) atoms. The van der Waals surface area contributed by atoms with Gasteiger partial charge in [-0.1, -0.05) is 13.3 Å². The van der Waals surface area contributed by atoms with Gasteiger partial charge in [0.15, 0.2) is 0 Å². The summed E-state index contributed by atoms with van der Waals surface area (Å²) in [5, 5.41) is 11.2. The van der Waals surface area contributed by atoms with Crippen molar-refractivity contribution in [2.75, 3.05) is 26.9 Å². The average molecular weight is 247 g/mol. The maximum absolute atomic E-state index is 11.3. The van der Waals surface area contributed by atoms with Gasteiger partial charge in [0, 0.05) is 26.7 Å². The normalized spacial score (nSPS) is 12.1. The molecule has 1 unspecified atom stereocenters. The predicted octanol–water partition coefficient (Wildman–Crippen LogP) is 0.409. The van der Waals surface area contributed by atoms with E-state index >= 15 is 0 Å². The molecule has 0 rings (SSSR count). The van der Waals surface area contributed by atoms with Crippen LogP contribution in [0.15, 0.2) is 0 Å². The number of hydrogen-bond acceptors (Lipinski definition) is 4. The van der Waals surface area contributed by atoms with Crippen molar-refractivity contribution in [1.82, 2.24) is 5.32 Å². The number of carboxylic acid groups (broad SMARTS) is 1. The molecule has 6 nitrogen and oxygen atoms in total. The van der Waals surface area contributed by atoms with Crippen molar-refractivity contribution in [3.8, 4) is 0 Å². The van der Waals surface area contributed by atoms with E-state index in [9.17, 15) is 9.59 Å². The summed E-state index contributed by atoms with van der Waals surface area (Å²) in [6.45, 7) is 2.72. The van der Waals surface area contributed by atoms with Crippen LogP contribution in [-0.2, 0) is 19.1 Å². The van der Waals surface area contributed by atoms with E-state index in [4.69, 9.17) is 14.6 Å². The van der Waals surface area contributed by atoms with Crippen LogP contribution in [0.3, 0.4) is 0 Å². The predicted molar refractivity (Wildman–Crippen MR) is 61.8 cm³/mol. The molecule has 1 atom stereocenters. The Labute approximate surface area is 101 Å². The Balaban J connectivity index is 3.83. The topological polar surface area (TPSA) is 84.9 Å². The Kier molecular flexibility index (Phi) is 9.37. The Bertz CT molecular complexity index is 232. The number of carboxylic acids is 1. The number of rotatable bonds is 10. The molecule has 100 valence electrons. The van der Waals surface area contributed by atoms with Gasteiger partial charge < -0.3 is 19.9 Å². The zero-order chi connectivity index (χ0) is 13.1. The minimum absolute atomic E-state index is 0.100. The number of carbonyl (C=O) groups is 2. The minimum Gasteiger partial charge on any atom is -0.480 e. The van der Waals surface area contributed by atoms with Crippen LogP contribution in [0.1, 0.15) is 26.2 Å². The molecule has 2 N–H and O–H groups in total. The Hall–Kier alpha value is -1.14. The van der Waals surface area contributed by atoms with E-state index in [1.807, 2.05) is 6.92 Å². The molecule has 6 heteroatoms. The van der Waals surface area contributed by atoms with E-state index in [1.54, 1.807) is 0 Å². The molecular weight excluding hydrogens is 226 g/mol. The molecule has 0 fully saturated rings. The third kappa shape index (κ3) is 8.65. The summed E-state index contributed by atoms with van der Waals surface area (Å²) in [6.07, 6.45) is 2.12. The Morgan fingerprint density at radius 2 is 2.06 bits per heavy atom. The summed E-state index contributed by atoms with van der Waals surface area (Å²) >= 11 is 0. The van der Waals surface area contributed by atoms with E-state index < -0.39 is 17.9 Å². The lowest BCUT2D eigenvalue weighted by Crippen LogP contribution is -2.43. The Morgan fingerprint density at radius 1 is 1.35 bits per heavy atom. The third-order valence-corrected chi connectivity index (χ3v) is 2.12. The minimum atomic E-state index is -1.07. The van der Waals surface area contributed by atoms with Crippen LogP contribution in [-0.4, -0.2) is 50.0 Å². The molecule has 0 aliphatic heterocycles. The largest absolute Gasteiger partial charge is 0.480 e. The SMILES string of the molecule is CCCCOCC(=O)NC(CCOC)C(=O)O. The number of aliphatic carboxylic acids is 1. The second kappa shape index (κ2) is 10.0. The van der Waals surface area contributed by atoms with Crippen LogP contribution < -0.4 is 5.32 Å². The maximum Gasteiger partial charge on any atom is 0.326 e. The van der Waals surface area contributed by atoms with E-state index in [-0.39, 0.29) is 19.6 Å². The Morgan fingerprint density at radius 3 is 2.59 bits per heavy atom. The quantitative estimate of drug-likeness (QED) is 0.546. The molecule has 0 radical (unpaired) electrons. The summed E-state index contributed by atoms with van der Waals surface area (Å²) in [6, 6.07) is -0.919. The van der Waals surface area contributed by atoms with Gasteiger partial charge >= 0.3 is 5.97 Å². The monoisotopic (exact) mass is 247 g/mol. The second-order valence-corrected chi connectivity index (χ2v) is 3.65. The molecule has 0 aliphatic carbocycles. The number of ether oxygens (including phenoxy) is 2. The number of carbonyl (C=O) groups excluding carboxylic acids is 1. The number of unbranched alkanes of at least 4 members (excludes halogenated alkanes) is 1. The number of nitrogens with one attached hydrogen (secondary N) is 1. The molecule has 0 aliphatic rings. The first kappa shape index (κ1) is 15.9. The lowest BCUT2D eigenvalue weighted by molar-refractivity contribution is -0.143. The van der Waals surface area contributed by atoms with Crippen LogP contribution in [0.2, 0.25) is 0 Å². The second-order valence-electron chi connectivity index (χ2n) is 3.65. The van der Waals surface area contributed by atoms with Gasteiger partial charge in [0.1, 0.15) is 12.6 Å². The molecule has 0 spiro atoms. The average Bonchev–Trinajstić information content (AvgIpc) is 2.29. The molecular formula is C11H21NO5. The molecule has 1 amide bonds. The molecule has 0 saturated carbocycles. The smallest absolute Gasteiger partial charge is 0.326 e. The standard InChI is InChI=1S/C11H21NO5/c1-3-4-6-17-8-10(13)12-9(11(14)15)5-7-16-2/h9H,3-8H2,1-2H3,(H,12,13)(H,14,15). The highest BCUT2D eigenvalue weighted by Crippen LogP contribution is 1.94. The van der Waals surface area contributed by atoms with Crippen molar-refractivity contribution < 1.29 is 24.2 Å². The number of methoxy groups -OCH3 is 1. The van der Waals surface area contributed by atoms with E-state index in [1.165, 1.54) is 7.11 Å². The zero-order valence-corrected chi connectivity index (χ0v) is 10.4. The molecule has 0 heterocycles. The van der Waals surface area contributed by atoms with Gasteiger partial charge in [-0.3, -0.25) is 4.79 Å². The van der Waals surface area contributed by atoms with E-state index in [0.29, 0.717) is 6.61 Å². The van der Waals surface area contributed by atoms with Crippen LogP contribution in [0.25, 0.3) is 0 Å². The molecule has 0 aromatic heterocycles. The summed E-state index contributed by atoms with van der Waals surface area (Å²) in [5.41, 5.74) is 0. The fraction of sp³-hybridized carbons (Fsp3) is 0.818. The summed E-state index contributed by atoms with van der Waals surface area (Å²) in [7, 11) is 1.48. The van der Waals surface area contributed by atoms with Crippen LogP contribution in [0, 0.1) is 0 Å².